The van der Waals surface area contributed by atoms with Gasteiger partial charge in [0.1, 0.15) is 4.83 Å². The van der Waals surface area contributed by atoms with Crippen LogP contribution in [0.2, 0.25) is 0 Å². The van der Waals surface area contributed by atoms with Crippen LogP contribution >= 0.6 is 15.9 Å². The SMILES string of the molecule is CCCCCCCCCCCCCCCCOC(=O)C(Br)CC. The lowest BCUT2D eigenvalue weighted by molar-refractivity contribution is -0.143. The molecular formula is C20H39BrO2. The summed E-state index contributed by atoms with van der Waals surface area (Å²) in [6.45, 7) is 4.84. The number of hydrogen-bond donors (Lipinski definition) is 0. The van der Waals surface area contributed by atoms with E-state index in [0.717, 1.165) is 12.8 Å². The molecule has 0 heterocycles. The Morgan fingerprint density at radius 1 is 0.739 bits per heavy atom. The molecule has 0 fully saturated rings. The molecule has 1 unspecified atom stereocenters. The molecule has 138 valence electrons. The number of halogens is 1. The number of esters is 1. The maximum Gasteiger partial charge on any atom is 0.319 e. The average molecular weight is 391 g/mol. The van der Waals surface area contributed by atoms with Gasteiger partial charge in [0.05, 0.1) is 6.61 Å². The fourth-order valence-electron chi connectivity index (χ4n) is 2.73. The number of hydrogen-bond acceptors (Lipinski definition) is 2. The summed E-state index contributed by atoms with van der Waals surface area (Å²) in [4.78, 5) is 11.3. The highest BCUT2D eigenvalue weighted by Crippen LogP contribution is 2.13. The monoisotopic (exact) mass is 390 g/mol. The van der Waals surface area contributed by atoms with E-state index >= 15 is 0 Å². The van der Waals surface area contributed by atoms with E-state index in [1.807, 2.05) is 6.92 Å². The topological polar surface area (TPSA) is 26.3 Å². The van der Waals surface area contributed by atoms with Crippen molar-refractivity contribution in [2.75, 3.05) is 6.61 Å². The van der Waals surface area contributed by atoms with Crippen molar-refractivity contribution < 1.29 is 9.53 Å². The predicted molar refractivity (Wildman–Crippen MR) is 104 cm³/mol. The molecule has 2 nitrogen and oxygen atoms in total. The second kappa shape index (κ2) is 18.3. The lowest BCUT2D eigenvalue weighted by Gasteiger charge is -2.07. The van der Waals surface area contributed by atoms with E-state index in [2.05, 4.69) is 22.9 Å². The fraction of sp³-hybridized carbons (Fsp3) is 0.950. The summed E-state index contributed by atoms with van der Waals surface area (Å²) in [5.74, 6) is -0.109. The first-order valence-electron chi connectivity index (χ1n) is 10.0. The fourth-order valence-corrected chi connectivity index (χ4v) is 2.86. The molecule has 0 rings (SSSR count). The molecule has 0 aliphatic carbocycles. The highest BCUT2D eigenvalue weighted by Gasteiger charge is 2.12. The lowest BCUT2D eigenvalue weighted by atomic mass is 10.0. The van der Waals surface area contributed by atoms with E-state index < -0.39 is 0 Å². The zero-order chi connectivity index (χ0) is 17.2. The van der Waals surface area contributed by atoms with Gasteiger partial charge in [-0.05, 0) is 12.8 Å². The first-order chi connectivity index (χ1) is 11.2. The van der Waals surface area contributed by atoms with E-state index in [0.29, 0.717) is 6.61 Å². The Morgan fingerprint density at radius 3 is 1.52 bits per heavy atom. The van der Waals surface area contributed by atoms with Gasteiger partial charge in [-0.25, -0.2) is 0 Å². The zero-order valence-corrected chi connectivity index (χ0v) is 17.2. The van der Waals surface area contributed by atoms with Crippen molar-refractivity contribution in [1.29, 1.82) is 0 Å². The van der Waals surface area contributed by atoms with Crippen molar-refractivity contribution in [2.45, 2.75) is 115 Å². The second-order valence-corrected chi connectivity index (χ2v) is 7.74. The molecule has 0 bridgehead atoms. The summed E-state index contributed by atoms with van der Waals surface area (Å²) in [6, 6.07) is 0. The minimum absolute atomic E-state index is 0.109. The van der Waals surface area contributed by atoms with Gasteiger partial charge >= 0.3 is 5.97 Å². The van der Waals surface area contributed by atoms with E-state index in [1.54, 1.807) is 0 Å². The maximum absolute atomic E-state index is 11.4. The highest BCUT2D eigenvalue weighted by molar-refractivity contribution is 9.10. The quantitative estimate of drug-likeness (QED) is 0.149. The standard InChI is InChI=1S/C20H39BrO2/c1-3-5-6-7-8-9-10-11-12-13-14-15-16-17-18-23-20(22)19(21)4-2/h19H,3-18H2,1-2H3. The molecule has 0 N–H and O–H groups in total. The normalized spacial score (nSPS) is 12.3. The largest absolute Gasteiger partial charge is 0.465 e. The van der Waals surface area contributed by atoms with Crippen molar-refractivity contribution in [2.24, 2.45) is 0 Å². The van der Waals surface area contributed by atoms with Gasteiger partial charge in [0, 0.05) is 0 Å². The minimum Gasteiger partial charge on any atom is -0.465 e. The van der Waals surface area contributed by atoms with Gasteiger partial charge < -0.3 is 4.74 Å². The Bertz CT molecular complexity index is 256. The van der Waals surface area contributed by atoms with E-state index in [4.69, 9.17) is 4.74 Å². The summed E-state index contributed by atoms with van der Waals surface area (Å²) >= 11 is 3.31. The third-order valence-corrected chi connectivity index (χ3v) is 5.38. The highest BCUT2D eigenvalue weighted by atomic mass is 79.9. The Kier molecular flexibility index (Phi) is 18.3. The molecule has 0 aromatic carbocycles. The number of ether oxygens (including phenoxy) is 1. The van der Waals surface area contributed by atoms with Crippen molar-refractivity contribution in [3.8, 4) is 0 Å². The molecule has 3 heteroatoms. The van der Waals surface area contributed by atoms with Crippen LogP contribution in [0.5, 0.6) is 0 Å². The Balaban J connectivity index is 3.09. The molecule has 0 amide bonds. The van der Waals surface area contributed by atoms with Crippen LogP contribution in [0.4, 0.5) is 0 Å². The van der Waals surface area contributed by atoms with Gasteiger partial charge in [0.15, 0.2) is 0 Å². The molecule has 0 radical (unpaired) electrons. The van der Waals surface area contributed by atoms with Crippen LogP contribution in [0.15, 0.2) is 0 Å². The summed E-state index contributed by atoms with van der Waals surface area (Å²) in [5, 5.41) is 0. The first-order valence-corrected chi connectivity index (χ1v) is 10.9. The number of unbranched alkanes of at least 4 members (excludes halogenated alkanes) is 13. The summed E-state index contributed by atoms with van der Waals surface area (Å²) < 4.78 is 5.22. The Labute approximate surface area is 153 Å². The average Bonchev–Trinajstić information content (AvgIpc) is 2.57. The second-order valence-electron chi connectivity index (χ2n) is 6.64. The van der Waals surface area contributed by atoms with Crippen LogP contribution in [0.3, 0.4) is 0 Å². The molecule has 0 spiro atoms. The predicted octanol–water partition coefficient (Wildman–Crippen LogP) is 7.18. The van der Waals surface area contributed by atoms with Gasteiger partial charge in [-0.1, -0.05) is 113 Å². The van der Waals surface area contributed by atoms with Gasteiger partial charge in [-0.15, -0.1) is 0 Å². The van der Waals surface area contributed by atoms with Crippen LogP contribution in [0, 0.1) is 0 Å². The van der Waals surface area contributed by atoms with Gasteiger partial charge in [-0.2, -0.15) is 0 Å². The molecule has 0 aliphatic rings. The van der Waals surface area contributed by atoms with E-state index in [1.165, 1.54) is 83.5 Å². The summed E-state index contributed by atoms with van der Waals surface area (Å²) in [7, 11) is 0. The molecule has 1 atom stereocenters. The van der Waals surface area contributed by atoms with Crippen molar-refractivity contribution >= 4 is 21.9 Å². The maximum atomic E-state index is 11.4. The van der Waals surface area contributed by atoms with Gasteiger partial charge in [0.2, 0.25) is 0 Å². The Morgan fingerprint density at radius 2 is 1.13 bits per heavy atom. The van der Waals surface area contributed by atoms with E-state index in [-0.39, 0.29) is 10.8 Å². The van der Waals surface area contributed by atoms with Crippen LogP contribution in [0.25, 0.3) is 0 Å². The first kappa shape index (κ1) is 22.9. The van der Waals surface area contributed by atoms with E-state index in [9.17, 15) is 4.79 Å². The molecule has 23 heavy (non-hydrogen) atoms. The molecular weight excluding hydrogens is 352 g/mol. The summed E-state index contributed by atoms with van der Waals surface area (Å²) in [5.41, 5.74) is 0. The van der Waals surface area contributed by atoms with Crippen molar-refractivity contribution in [3.05, 3.63) is 0 Å². The van der Waals surface area contributed by atoms with Gasteiger partial charge in [-0.3, -0.25) is 4.79 Å². The number of carbonyl (C=O) groups excluding carboxylic acids is 1. The van der Waals surface area contributed by atoms with Crippen LogP contribution < -0.4 is 0 Å². The van der Waals surface area contributed by atoms with Gasteiger partial charge in [0.25, 0.3) is 0 Å². The van der Waals surface area contributed by atoms with Crippen LogP contribution in [-0.4, -0.2) is 17.4 Å². The lowest BCUT2D eigenvalue weighted by Crippen LogP contribution is -2.16. The molecule has 0 aliphatic heterocycles. The molecule has 0 aromatic heterocycles. The number of alkyl halides is 1. The summed E-state index contributed by atoms with van der Waals surface area (Å²) in [6.07, 6.45) is 19.7. The molecule has 0 aromatic rings. The molecule has 0 saturated heterocycles. The zero-order valence-electron chi connectivity index (χ0n) is 15.6. The molecule has 0 saturated carbocycles. The minimum atomic E-state index is -0.130. The van der Waals surface area contributed by atoms with Crippen LogP contribution in [-0.2, 0) is 9.53 Å². The number of rotatable bonds is 17. The Hall–Kier alpha value is -0.0500. The van der Waals surface area contributed by atoms with Crippen LogP contribution in [0.1, 0.15) is 110 Å². The third-order valence-electron chi connectivity index (χ3n) is 4.36. The van der Waals surface area contributed by atoms with Crippen molar-refractivity contribution in [1.82, 2.24) is 0 Å². The smallest absolute Gasteiger partial charge is 0.319 e. The number of carbonyl (C=O) groups is 1. The van der Waals surface area contributed by atoms with Crippen molar-refractivity contribution in [3.63, 3.8) is 0 Å². The third kappa shape index (κ3) is 16.6.